The van der Waals surface area contributed by atoms with Gasteiger partial charge in [-0.2, -0.15) is 0 Å². The fourth-order valence-electron chi connectivity index (χ4n) is 2.39. The maximum absolute atomic E-state index is 13.5. The monoisotopic (exact) mass is 282 g/mol. The zero-order valence-corrected chi connectivity index (χ0v) is 11.4. The second-order valence-corrected chi connectivity index (χ2v) is 4.90. The van der Waals surface area contributed by atoms with Gasteiger partial charge in [-0.05, 0) is 28.8 Å². The van der Waals surface area contributed by atoms with Crippen LogP contribution >= 0.6 is 0 Å². The molecule has 21 heavy (non-hydrogen) atoms. The lowest BCUT2D eigenvalue weighted by Gasteiger charge is -2.10. The van der Waals surface area contributed by atoms with Gasteiger partial charge in [0.05, 0.1) is 24.8 Å². The first-order valence-electron chi connectivity index (χ1n) is 6.71. The third-order valence-electron chi connectivity index (χ3n) is 3.33. The van der Waals surface area contributed by atoms with Crippen molar-refractivity contribution in [3.63, 3.8) is 0 Å². The Morgan fingerprint density at radius 1 is 1.05 bits per heavy atom. The number of benzene rings is 2. The van der Waals surface area contributed by atoms with Crippen LogP contribution in [0.1, 0.15) is 11.1 Å². The number of rotatable bonds is 4. The fourth-order valence-corrected chi connectivity index (χ4v) is 2.39. The van der Waals surface area contributed by atoms with Gasteiger partial charge in [-0.25, -0.2) is 9.37 Å². The molecule has 0 unspecified atom stereocenters. The molecule has 3 aromatic rings. The van der Waals surface area contributed by atoms with Crippen LogP contribution in [0.15, 0.2) is 61.1 Å². The summed E-state index contributed by atoms with van der Waals surface area (Å²) in [4.78, 5) is 4.18. The Bertz CT molecular complexity index is 738. The van der Waals surface area contributed by atoms with Crippen molar-refractivity contribution in [1.29, 1.82) is 0 Å². The quantitative estimate of drug-likeness (QED) is 0.798. The minimum absolute atomic E-state index is 0.166. The van der Waals surface area contributed by atoms with Crippen LogP contribution < -0.4 is 0 Å². The molecular formula is C17H15FN2O. The van der Waals surface area contributed by atoms with Crippen LogP contribution in [0.25, 0.3) is 11.3 Å². The first-order chi connectivity index (χ1) is 10.3. The molecule has 2 aromatic carbocycles. The molecule has 0 spiro atoms. The van der Waals surface area contributed by atoms with Gasteiger partial charge in [0.1, 0.15) is 5.82 Å². The Kier molecular flexibility index (Phi) is 3.79. The SMILES string of the molecule is OCc1cc(F)cc(Cn2cncc2-c2ccccc2)c1. The van der Waals surface area contributed by atoms with E-state index < -0.39 is 0 Å². The summed E-state index contributed by atoms with van der Waals surface area (Å²) in [6.45, 7) is 0.342. The highest BCUT2D eigenvalue weighted by atomic mass is 19.1. The van der Waals surface area contributed by atoms with Crippen molar-refractivity contribution in [2.75, 3.05) is 0 Å². The predicted octanol–water partition coefficient (Wildman–Crippen LogP) is 3.23. The lowest BCUT2D eigenvalue weighted by molar-refractivity contribution is 0.281. The van der Waals surface area contributed by atoms with Crippen LogP contribution in [-0.4, -0.2) is 14.7 Å². The topological polar surface area (TPSA) is 38.0 Å². The Labute approximate surface area is 122 Å². The summed E-state index contributed by atoms with van der Waals surface area (Å²) < 4.78 is 15.5. The second-order valence-electron chi connectivity index (χ2n) is 4.90. The number of halogens is 1. The molecule has 0 aliphatic heterocycles. The Morgan fingerprint density at radius 3 is 2.57 bits per heavy atom. The van der Waals surface area contributed by atoms with Crippen molar-refractivity contribution in [1.82, 2.24) is 9.55 Å². The van der Waals surface area contributed by atoms with Crippen molar-refractivity contribution < 1.29 is 9.50 Å². The van der Waals surface area contributed by atoms with E-state index in [1.54, 1.807) is 18.6 Å². The molecule has 106 valence electrons. The molecule has 1 aromatic heterocycles. The highest BCUT2D eigenvalue weighted by Gasteiger charge is 2.07. The number of hydrogen-bond acceptors (Lipinski definition) is 2. The van der Waals surface area contributed by atoms with Gasteiger partial charge in [-0.15, -0.1) is 0 Å². The molecule has 1 N–H and O–H groups in total. The largest absolute Gasteiger partial charge is 0.392 e. The van der Waals surface area contributed by atoms with E-state index in [0.29, 0.717) is 12.1 Å². The van der Waals surface area contributed by atoms with Gasteiger partial charge in [0.25, 0.3) is 0 Å². The molecule has 3 nitrogen and oxygen atoms in total. The minimum atomic E-state index is -0.335. The van der Waals surface area contributed by atoms with Crippen LogP contribution in [0.4, 0.5) is 4.39 Å². The minimum Gasteiger partial charge on any atom is -0.392 e. The van der Waals surface area contributed by atoms with Gasteiger partial charge in [0.2, 0.25) is 0 Å². The van der Waals surface area contributed by atoms with E-state index in [1.807, 2.05) is 34.9 Å². The molecule has 0 fully saturated rings. The molecule has 4 heteroatoms. The summed E-state index contributed by atoms with van der Waals surface area (Å²) in [7, 11) is 0. The number of aromatic nitrogens is 2. The van der Waals surface area contributed by atoms with Crippen molar-refractivity contribution in [3.05, 3.63) is 78.0 Å². The first-order valence-corrected chi connectivity index (χ1v) is 6.71. The molecule has 0 amide bonds. The van der Waals surface area contributed by atoms with E-state index in [1.165, 1.54) is 12.1 Å². The smallest absolute Gasteiger partial charge is 0.123 e. The van der Waals surface area contributed by atoms with E-state index in [2.05, 4.69) is 4.98 Å². The summed E-state index contributed by atoms with van der Waals surface area (Å²) in [5, 5.41) is 9.16. The van der Waals surface area contributed by atoms with Crippen molar-refractivity contribution >= 4 is 0 Å². The van der Waals surface area contributed by atoms with Crippen molar-refractivity contribution in [2.24, 2.45) is 0 Å². The molecule has 0 radical (unpaired) electrons. The predicted molar refractivity (Wildman–Crippen MR) is 79.1 cm³/mol. The third kappa shape index (κ3) is 3.01. The maximum atomic E-state index is 13.5. The Hall–Kier alpha value is -2.46. The number of imidazole rings is 1. The summed E-state index contributed by atoms with van der Waals surface area (Å²) in [5.74, 6) is -0.335. The first kappa shape index (κ1) is 13.5. The van der Waals surface area contributed by atoms with Crippen molar-refractivity contribution in [2.45, 2.75) is 13.2 Å². The summed E-state index contributed by atoms with van der Waals surface area (Å²) in [5.41, 5.74) is 3.42. The van der Waals surface area contributed by atoms with Crippen LogP contribution in [0.5, 0.6) is 0 Å². The second kappa shape index (κ2) is 5.89. The van der Waals surface area contributed by atoms with E-state index in [-0.39, 0.29) is 12.4 Å². The molecule has 0 atom stereocenters. The average molecular weight is 282 g/mol. The maximum Gasteiger partial charge on any atom is 0.123 e. The molecule has 0 bridgehead atoms. The Balaban J connectivity index is 1.93. The summed E-state index contributed by atoms with van der Waals surface area (Å²) >= 11 is 0. The van der Waals surface area contributed by atoms with Gasteiger partial charge in [-0.1, -0.05) is 36.4 Å². The number of hydrogen-bond donors (Lipinski definition) is 1. The average Bonchev–Trinajstić information content (AvgIpc) is 2.95. The lowest BCUT2D eigenvalue weighted by Crippen LogP contribution is -2.02. The van der Waals surface area contributed by atoms with E-state index in [4.69, 9.17) is 5.11 Å². The van der Waals surface area contributed by atoms with E-state index >= 15 is 0 Å². The zero-order valence-electron chi connectivity index (χ0n) is 11.4. The number of aliphatic hydroxyl groups is 1. The summed E-state index contributed by atoms with van der Waals surface area (Å²) in [6.07, 6.45) is 3.52. The number of nitrogens with zero attached hydrogens (tertiary/aromatic N) is 2. The fraction of sp³-hybridized carbons (Fsp3) is 0.118. The van der Waals surface area contributed by atoms with Crippen LogP contribution in [0, 0.1) is 5.82 Å². The van der Waals surface area contributed by atoms with Crippen LogP contribution in [-0.2, 0) is 13.2 Å². The normalized spacial score (nSPS) is 10.8. The van der Waals surface area contributed by atoms with Gasteiger partial charge in [0, 0.05) is 6.54 Å². The van der Waals surface area contributed by atoms with Gasteiger partial charge >= 0.3 is 0 Å². The molecular weight excluding hydrogens is 267 g/mol. The molecule has 1 heterocycles. The van der Waals surface area contributed by atoms with E-state index in [0.717, 1.165) is 16.8 Å². The van der Waals surface area contributed by atoms with Crippen LogP contribution in [0.2, 0.25) is 0 Å². The standard InChI is InChI=1S/C17H15FN2O/c18-16-7-13(6-14(8-16)11-21)10-20-12-19-9-17(20)15-4-2-1-3-5-15/h1-9,12,21H,10-11H2. The highest BCUT2D eigenvalue weighted by Crippen LogP contribution is 2.20. The molecule has 0 saturated heterocycles. The van der Waals surface area contributed by atoms with Crippen LogP contribution in [0.3, 0.4) is 0 Å². The van der Waals surface area contributed by atoms with Gasteiger partial charge < -0.3 is 9.67 Å². The molecule has 3 rings (SSSR count). The van der Waals surface area contributed by atoms with Gasteiger partial charge in [0.15, 0.2) is 0 Å². The molecule has 0 aliphatic rings. The lowest BCUT2D eigenvalue weighted by atomic mass is 10.1. The van der Waals surface area contributed by atoms with Crippen molar-refractivity contribution in [3.8, 4) is 11.3 Å². The van der Waals surface area contributed by atoms with E-state index in [9.17, 15) is 4.39 Å². The zero-order chi connectivity index (χ0) is 14.7. The highest BCUT2D eigenvalue weighted by molar-refractivity contribution is 5.58. The summed E-state index contributed by atoms with van der Waals surface area (Å²) in [6, 6.07) is 14.6. The Morgan fingerprint density at radius 2 is 1.81 bits per heavy atom. The van der Waals surface area contributed by atoms with Gasteiger partial charge in [-0.3, -0.25) is 0 Å². The molecule has 0 saturated carbocycles. The third-order valence-corrected chi connectivity index (χ3v) is 3.33. The number of aliphatic hydroxyl groups excluding tert-OH is 1. The molecule has 0 aliphatic carbocycles.